The highest BCUT2D eigenvalue weighted by Gasteiger charge is 2.13. The Hall–Kier alpha value is -1.63. The van der Waals surface area contributed by atoms with E-state index in [4.69, 9.17) is 4.42 Å². The second-order valence-corrected chi connectivity index (χ2v) is 3.71. The van der Waals surface area contributed by atoms with Gasteiger partial charge in [-0.05, 0) is 13.5 Å². The van der Waals surface area contributed by atoms with Gasteiger partial charge in [-0.25, -0.2) is 0 Å². The number of amides is 1. The van der Waals surface area contributed by atoms with Crippen molar-refractivity contribution < 1.29 is 9.21 Å². The maximum atomic E-state index is 11.5. The van der Waals surface area contributed by atoms with Crippen LogP contribution in [0.5, 0.6) is 0 Å². The minimum absolute atomic E-state index is 0.0530. The predicted octanol–water partition coefficient (Wildman–Crippen LogP) is -0.249. The lowest BCUT2D eigenvalue weighted by atomic mass is 10.4. The van der Waals surface area contributed by atoms with Crippen molar-refractivity contribution in [3.05, 3.63) is 5.89 Å². The van der Waals surface area contributed by atoms with Crippen LogP contribution in [0.2, 0.25) is 0 Å². The Bertz CT molecular complexity index is 352. The van der Waals surface area contributed by atoms with Gasteiger partial charge < -0.3 is 20.0 Å². The molecule has 0 bridgehead atoms. The second-order valence-electron chi connectivity index (χ2n) is 3.71. The van der Waals surface area contributed by atoms with Crippen molar-refractivity contribution in [2.24, 2.45) is 0 Å². The number of aromatic nitrogens is 2. The number of carbonyl (C=O) groups excluding carboxylic acids is 1. The van der Waals surface area contributed by atoms with Crippen molar-refractivity contribution in [1.29, 1.82) is 0 Å². The highest BCUT2D eigenvalue weighted by Crippen LogP contribution is 2.09. The van der Waals surface area contributed by atoms with Crippen molar-refractivity contribution in [3.8, 4) is 0 Å². The molecule has 0 aromatic carbocycles. The van der Waals surface area contributed by atoms with Crippen LogP contribution >= 0.6 is 0 Å². The third kappa shape index (κ3) is 4.39. The fourth-order valence-electron chi connectivity index (χ4n) is 1.23. The number of likely N-dealkylation sites (N-methyl/N-ethyl adjacent to an activating group) is 1. The fraction of sp³-hybridized carbons (Fsp3) is 0.700. The summed E-state index contributed by atoms with van der Waals surface area (Å²) in [7, 11) is 3.54. The minimum Gasteiger partial charge on any atom is -0.407 e. The predicted molar refractivity (Wildman–Crippen MR) is 63.6 cm³/mol. The summed E-state index contributed by atoms with van der Waals surface area (Å²) < 4.78 is 5.35. The van der Waals surface area contributed by atoms with Crippen LogP contribution in [-0.2, 0) is 11.3 Å². The zero-order chi connectivity index (χ0) is 12.7. The molecule has 1 amide bonds. The molecule has 0 unspecified atom stereocenters. The van der Waals surface area contributed by atoms with Crippen LogP contribution in [0.3, 0.4) is 0 Å². The minimum atomic E-state index is -0.0530. The van der Waals surface area contributed by atoms with Gasteiger partial charge in [0.25, 0.3) is 0 Å². The molecule has 7 nitrogen and oxygen atoms in total. The largest absolute Gasteiger partial charge is 0.407 e. The molecule has 0 atom stereocenters. The topological polar surface area (TPSA) is 83.3 Å². The van der Waals surface area contributed by atoms with Gasteiger partial charge in [0.05, 0.1) is 6.54 Å². The first-order chi connectivity index (χ1) is 8.17. The molecule has 0 fully saturated rings. The molecule has 7 heteroatoms. The third-order valence-corrected chi connectivity index (χ3v) is 2.06. The normalized spacial score (nSPS) is 10.3. The number of nitrogens with zero attached hydrogens (tertiary/aromatic N) is 3. The molecular weight excluding hydrogens is 222 g/mol. The number of carbonyl (C=O) groups is 1. The summed E-state index contributed by atoms with van der Waals surface area (Å²) in [5, 5.41) is 13.4. The quantitative estimate of drug-likeness (QED) is 0.685. The first kappa shape index (κ1) is 13.4. The van der Waals surface area contributed by atoms with Crippen LogP contribution in [-0.4, -0.2) is 43.3 Å². The number of rotatable bonds is 7. The molecule has 0 saturated carbocycles. The average molecular weight is 241 g/mol. The molecule has 2 N–H and O–H groups in total. The molecule has 0 radical (unpaired) electrons. The Balaban J connectivity index is 2.45. The molecule has 0 saturated heterocycles. The summed E-state index contributed by atoms with van der Waals surface area (Å²) >= 11 is 0. The lowest BCUT2D eigenvalue weighted by Gasteiger charge is -2.13. The monoisotopic (exact) mass is 241 g/mol. The molecular formula is C10H19N5O2. The molecule has 17 heavy (non-hydrogen) atoms. The number of hydrogen-bond acceptors (Lipinski definition) is 6. The maximum Gasteiger partial charge on any atom is 0.318 e. The van der Waals surface area contributed by atoms with Crippen molar-refractivity contribution in [2.75, 3.05) is 32.1 Å². The van der Waals surface area contributed by atoms with Crippen molar-refractivity contribution in [3.63, 3.8) is 0 Å². The van der Waals surface area contributed by atoms with Gasteiger partial charge in [0.2, 0.25) is 11.8 Å². The molecule has 1 aromatic heterocycles. The summed E-state index contributed by atoms with van der Waals surface area (Å²) in [6, 6.07) is 0.349. The van der Waals surface area contributed by atoms with Gasteiger partial charge in [0.15, 0.2) is 0 Å². The summed E-state index contributed by atoms with van der Waals surface area (Å²) in [6.07, 6.45) is 0.919. The van der Waals surface area contributed by atoms with Crippen LogP contribution in [0.4, 0.5) is 6.01 Å². The number of nitrogens with one attached hydrogen (secondary N) is 2. The van der Waals surface area contributed by atoms with E-state index in [-0.39, 0.29) is 12.5 Å². The lowest BCUT2D eigenvalue weighted by Crippen LogP contribution is -2.35. The third-order valence-electron chi connectivity index (χ3n) is 2.06. The smallest absolute Gasteiger partial charge is 0.318 e. The van der Waals surface area contributed by atoms with Crippen LogP contribution in [0.15, 0.2) is 4.42 Å². The van der Waals surface area contributed by atoms with Crippen LogP contribution < -0.4 is 15.5 Å². The highest BCUT2D eigenvalue weighted by molar-refractivity contribution is 5.80. The summed E-state index contributed by atoms with van der Waals surface area (Å²) in [6.45, 7) is 3.41. The molecule has 0 aliphatic heterocycles. The van der Waals surface area contributed by atoms with Crippen LogP contribution in [0.25, 0.3) is 0 Å². The molecule has 0 aliphatic rings. The number of hydrogen-bond donors (Lipinski definition) is 2. The van der Waals surface area contributed by atoms with Crippen molar-refractivity contribution >= 4 is 11.9 Å². The van der Waals surface area contributed by atoms with Crippen molar-refractivity contribution in [1.82, 2.24) is 20.8 Å². The molecule has 96 valence electrons. The van der Waals surface area contributed by atoms with E-state index in [0.717, 1.165) is 6.42 Å². The highest BCUT2D eigenvalue weighted by atomic mass is 16.4. The number of anilines is 1. The Kier molecular flexibility index (Phi) is 5.41. The van der Waals surface area contributed by atoms with Gasteiger partial charge in [-0.15, -0.1) is 5.10 Å². The zero-order valence-corrected chi connectivity index (χ0v) is 10.5. The average Bonchev–Trinajstić information content (AvgIpc) is 2.75. The van der Waals surface area contributed by atoms with Crippen molar-refractivity contribution in [2.45, 2.75) is 19.9 Å². The molecule has 1 rings (SSSR count). The zero-order valence-electron chi connectivity index (χ0n) is 10.5. The van der Waals surface area contributed by atoms with Gasteiger partial charge in [0.1, 0.15) is 6.54 Å². The molecule has 0 aliphatic carbocycles. The van der Waals surface area contributed by atoms with E-state index >= 15 is 0 Å². The van der Waals surface area contributed by atoms with E-state index in [1.807, 2.05) is 6.92 Å². The van der Waals surface area contributed by atoms with Crippen LogP contribution in [0, 0.1) is 0 Å². The summed E-state index contributed by atoms with van der Waals surface area (Å²) in [5.74, 6) is 0.450. The Labute approximate surface area is 101 Å². The van der Waals surface area contributed by atoms with Gasteiger partial charge in [0, 0.05) is 13.6 Å². The maximum absolute atomic E-state index is 11.5. The van der Waals surface area contributed by atoms with Gasteiger partial charge >= 0.3 is 6.01 Å². The Morgan fingerprint density at radius 2 is 2.24 bits per heavy atom. The van der Waals surface area contributed by atoms with E-state index in [0.29, 0.717) is 25.0 Å². The van der Waals surface area contributed by atoms with Gasteiger partial charge in [-0.2, -0.15) is 0 Å². The van der Waals surface area contributed by atoms with E-state index in [1.54, 1.807) is 19.0 Å². The standard InChI is InChI=1S/C10H19N5O2/c1-4-5-12-8(16)7-15(3)10-14-13-9(17-10)6-11-2/h11H,4-7H2,1-3H3,(H,12,16). The van der Waals surface area contributed by atoms with E-state index < -0.39 is 0 Å². The van der Waals surface area contributed by atoms with E-state index in [2.05, 4.69) is 20.8 Å². The molecule has 0 spiro atoms. The SMILES string of the molecule is CCCNC(=O)CN(C)c1nnc(CNC)o1. The van der Waals surface area contributed by atoms with Crippen LogP contribution in [0.1, 0.15) is 19.2 Å². The Morgan fingerprint density at radius 3 is 2.88 bits per heavy atom. The van der Waals surface area contributed by atoms with E-state index in [9.17, 15) is 4.79 Å². The van der Waals surface area contributed by atoms with Gasteiger partial charge in [-0.1, -0.05) is 12.0 Å². The fourth-order valence-corrected chi connectivity index (χ4v) is 1.23. The lowest BCUT2D eigenvalue weighted by molar-refractivity contribution is -0.119. The van der Waals surface area contributed by atoms with Gasteiger partial charge in [-0.3, -0.25) is 4.79 Å². The Morgan fingerprint density at radius 1 is 1.47 bits per heavy atom. The first-order valence-corrected chi connectivity index (χ1v) is 5.62. The first-order valence-electron chi connectivity index (χ1n) is 5.62. The van der Waals surface area contributed by atoms with E-state index in [1.165, 1.54) is 0 Å². The molecule has 1 aromatic rings. The second kappa shape index (κ2) is 6.85. The summed E-state index contributed by atoms with van der Waals surface area (Å²) in [5.41, 5.74) is 0. The summed E-state index contributed by atoms with van der Waals surface area (Å²) in [4.78, 5) is 13.1. The molecule has 1 heterocycles.